The Bertz CT molecular complexity index is 1050. The van der Waals surface area contributed by atoms with Gasteiger partial charge >= 0.3 is 5.97 Å². The van der Waals surface area contributed by atoms with Crippen LogP contribution < -0.4 is 0 Å². The molecule has 25 heavy (non-hydrogen) atoms. The Morgan fingerprint density at radius 1 is 1.04 bits per heavy atom. The van der Waals surface area contributed by atoms with Crippen LogP contribution in [0.4, 0.5) is 0 Å². The number of aromatic carboxylic acids is 1. The summed E-state index contributed by atoms with van der Waals surface area (Å²) in [6.45, 7) is 0. The first kappa shape index (κ1) is 15.4. The fourth-order valence-corrected chi connectivity index (χ4v) is 2.92. The average Bonchev–Trinajstić information content (AvgIpc) is 3.06. The van der Waals surface area contributed by atoms with E-state index >= 15 is 0 Å². The van der Waals surface area contributed by atoms with Gasteiger partial charge in [-0.2, -0.15) is 0 Å². The molecule has 0 aliphatic heterocycles. The Labute approximate surface area is 147 Å². The van der Waals surface area contributed by atoms with Crippen LogP contribution >= 0.6 is 11.6 Å². The minimum absolute atomic E-state index is 0.0626. The Hall–Kier alpha value is -3.18. The van der Waals surface area contributed by atoms with Gasteiger partial charge in [-0.3, -0.25) is 4.98 Å². The van der Waals surface area contributed by atoms with Gasteiger partial charge in [0.25, 0.3) is 0 Å². The lowest BCUT2D eigenvalue weighted by Gasteiger charge is -2.05. The van der Waals surface area contributed by atoms with Crippen molar-refractivity contribution in [3.63, 3.8) is 0 Å². The lowest BCUT2D eigenvalue weighted by atomic mass is 10.1. The summed E-state index contributed by atoms with van der Waals surface area (Å²) in [7, 11) is 0. The molecule has 0 saturated heterocycles. The number of aromatic nitrogens is 3. The minimum Gasteiger partial charge on any atom is -0.478 e. The van der Waals surface area contributed by atoms with E-state index in [2.05, 4.69) is 15.0 Å². The Kier molecular flexibility index (Phi) is 3.71. The molecule has 0 aliphatic carbocycles. The summed E-state index contributed by atoms with van der Waals surface area (Å²) in [5.41, 5.74) is 4.25. The quantitative estimate of drug-likeness (QED) is 0.564. The van der Waals surface area contributed by atoms with E-state index in [0.717, 1.165) is 28.0 Å². The predicted octanol–water partition coefficient (Wildman–Crippen LogP) is 4.64. The summed E-state index contributed by atoms with van der Waals surface area (Å²) in [6, 6.07) is 16.9. The van der Waals surface area contributed by atoms with Crippen LogP contribution in [0.3, 0.4) is 0 Å². The topological polar surface area (TPSA) is 78.9 Å². The zero-order valence-electron chi connectivity index (χ0n) is 12.9. The highest BCUT2D eigenvalue weighted by atomic mass is 35.5. The highest BCUT2D eigenvalue weighted by Gasteiger charge is 2.11. The molecule has 2 heterocycles. The number of pyridine rings is 1. The molecule has 0 unspecified atom stereocenters. The van der Waals surface area contributed by atoms with E-state index in [1.54, 1.807) is 0 Å². The minimum atomic E-state index is -1.05. The molecular formula is C19H12ClN3O2. The third-order valence-corrected chi connectivity index (χ3v) is 4.20. The molecule has 0 spiro atoms. The maximum absolute atomic E-state index is 11.0. The number of hydrogen-bond acceptors (Lipinski definition) is 3. The zero-order chi connectivity index (χ0) is 17.4. The van der Waals surface area contributed by atoms with Crippen LogP contribution in [0.25, 0.3) is 33.7 Å². The van der Waals surface area contributed by atoms with Gasteiger partial charge in [-0.05, 0) is 18.2 Å². The maximum Gasteiger partial charge on any atom is 0.337 e. The summed E-state index contributed by atoms with van der Waals surface area (Å²) in [5, 5.41) is 9.29. The van der Waals surface area contributed by atoms with E-state index in [0.29, 0.717) is 10.7 Å². The van der Waals surface area contributed by atoms with Crippen LogP contribution in [0, 0.1) is 0 Å². The number of benzene rings is 2. The second-order valence-electron chi connectivity index (χ2n) is 5.54. The van der Waals surface area contributed by atoms with Gasteiger partial charge in [-0.25, -0.2) is 9.78 Å². The van der Waals surface area contributed by atoms with Crippen LogP contribution in [0.1, 0.15) is 10.4 Å². The van der Waals surface area contributed by atoms with Gasteiger partial charge in [0.2, 0.25) is 0 Å². The molecule has 4 rings (SSSR count). The van der Waals surface area contributed by atoms with E-state index in [4.69, 9.17) is 16.7 Å². The van der Waals surface area contributed by atoms with Crippen molar-refractivity contribution in [1.82, 2.24) is 15.0 Å². The number of carboxylic acid groups (broad SMARTS) is 1. The molecule has 4 aromatic rings. The number of fused-ring (bicyclic) bond motifs is 1. The summed E-state index contributed by atoms with van der Waals surface area (Å²) in [6.07, 6.45) is 1.30. The summed E-state index contributed by atoms with van der Waals surface area (Å²) < 4.78 is 0. The molecule has 0 radical (unpaired) electrons. The van der Waals surface area contributed by atoms with Crippen LogP contribution in [0.15, 0.2) is 60.8 Å². The maximum atomic E-state index is 11.0. The third-order valence-electron chi connectivity index (χ3n) is 3.91. The smallest absolute Gasteiger partial charge is 0.337 e. The molecule has 2 aromatic carbocycles. The highest BCUT2D eigenvalue weighted by Crippen LogP contribution is 2.28. The molecule has 5 nitrogen and oxygen atoms in total. The number of hydrogen-bond donors (Lipinski definition) is 2. The number of para-hydroxylation sites is 2. The monoisotopic (exact) mass is 349 g/mol. The van der Waals surface area contributed by atoms with Gasteiger partial charge < -0.3 is 10.1 Å². The normalized spacial score (nSPS) is 10.9. The number of rotatable bonds is 3. The number of halogens is 1. The summed E-state index contributed by atoms with van der Waals surface area (Å²) >= 11 is 6.17. The average molecular weight is 350 g/mol. The van der Waals surface area contributed by atoms with Gasteiger partial charge in [0.15, 0.2) is 0 Å². The molecule has 2 aromatic heterocycles. The first-order valence-electron chi connectivity index (χ1n) is 7.56. The fourth-order valence-electron chi connectivity index (χ4n) is 2.64. The van der Waals surface area contributed by atoms with Crippen LogP contribution in [0.5, 0.6) is 0 Å². The molecule has 122 valence electrons. The van der Waals surface area contributed by atoms with Gasteiger partial charge in [-0.1, -0.05) is 48.0 Å². The van der Waals surface area contributed by atoms with E-state index < -0.39 is 5.97 Å². The number of carboxylic acids is 1. The Morgan fingerprint density at radius 3 is 2.44 bits per heavy atom. The van der Waals surface area contributed by atoms with Crippen molar-refractivity contribution in [2.75, 3.05) is 0 Å². The molecule has 6 heteroatoms. The summed E-state index contributed by atoms with van der Waals surface area (Å²) in [5.74, 6) is -0.269. The SMILES string of the molecule is O=C(O)c1cnc(-c2ccc(-c3nc4ccccc4[nH]3)cc2)c(Cl)c1. The van der Waals surface area contributed by atoms with Crippen molar-refractivity contribution >= 4 is 28.6 Å². The molecule has 0 bridgehead atoms. The van der Waals surface area contributed by atoms with E-state index in [-0.39, 0.29) is 5.56 Å². The molecule has 2 N–H and O–H groups in total. The molecular weight excluding hydrogens is 338 g/mol. The second-order valence-corrected chi connectivity index (χ2v) is 5.95. The molecule has 0 saturated carbocycles. The predicted molar refractivity (Wildman–Crippen MR) is 96.7 cm³/mol. The van der Waals surface area contributed by atoms with Crippen molar-refractivity contribution in [3.05, 3.63) is 71.4 Å². The number of nitrogens with zero attached hydrogens (tertiary/aromatic N) is 2. The van der Waals surface area contributed by atoms with Crippen LogP contribution in [0.2, 0.25) is 5.02 Å². The van der Waals surface area contributed by atoms with Crippen LogP contribution in [-0.4, -0.2) is 26.0 Å². The highest BCUT2D eigenvalue weighted by molar-refractivity contribution is 6.33. The Balaban J connectivity index is 1.69. The largest absolute Gasteiger partial charge is 0.478 e. The van der Waals surface area contributed by atoms with Crippen molar-refractivity contribution in [1.29, 1.82) is 0 Å². The lowest BCUT2D eigenvalue weighted by molar-refractivity contribution is 0.0696. The number of nitrogens with one attached hydrogen (secondary N) is 1. The van der Waals surface area contributed by atoms with Crippen LogP contribution in [-0.2, 0) is 0 Å². The first-order valence-corrected chi connectivity index (χ1v) is 7.94. The van der Waals surface area contributed by atoms with E-state index in [1.807, 2.05) is 48.5 Å². The molecule has 0 fully saturated rings. The fraction of sp³-hybridized carbons (Fsp3) is 0. The van der Waals surface area contributed by atoms with Crippen molar-refractivity contribution in [2.45, 2.75) is 0 Å². The van der Waals surface area contributed by atoms with Gasteiger partial charge in [0.1, 0.15) is 5.82 Å². The van der Waals surface area contributed by atoms with Gasteiger partial charge in [0, 0.05) is 17.3 Å². The van der Waals surface area contributed by atoms with Gasteiger partial charge in [-0.15, -0.1) is 0 Å². The number of carbonyl (C=O) groups is 1. The van der Waals surface area contributed by atoms with Crippen molar-refractivity contribution in [3.8, 4) is 22.6 Å². The van der Waals surface area contributed by atoms with Gasteiger partial charge in [0.05, 0.1) is 27.3 Å². The zero-order valence-corrected chi connectivity index (χ0v) is 13.7. The second kappa shape index (κ2) is 6.03. The number of H-pyrrole nitrogens is 1. The molecule has 0 amide bonds. The third kappa shape index (κ3) is 2.86. The van der Waals surface area contributed by atoms with E-state index in [9.17, 15) is 4.79 Å². The number of aromatic amines is 1. The Morgan fingerprint density at radius 2 is 1.76 bits per heavy atom. The number of imidazole rings is 1. The molecule has 0 aliphatic rings. The molecule has 0 atom stereocenters. The lowest BCUT2D eigenvalue weighted by Crippen LogP contribution is -1.98. The summed E-state index contributed by atoms with van der Waals surface area (Å²) in [4.78, 5) is 23.0. The standard InChI is InChI=1S/C19H12ClN3O2/c20-14-9-13(19(24)25)10-21-17(14)11-5-7-12(8-6-11)18-22-15-3-1-2-4-16(15)23-18/h1-10H,(H,22,23)(H,24,25). The van der Waals surface area contributed by atoms with E-state index in [1.165, 1.54) is 12.3 Å². The van der Waals surface area contributed by atoms with Crippen molar-refractivity contribution < 1.29 is 9.90 Å². The van der Waals surface area contributed by atoms with Crippen molar-refractivity contribution in [2.24, 2.45) is 0 Å². The first-order chi connectivity index (χ1) is 12.1.